The topological polar surface area (TPSA) is 39.9 Å². The third-order valence-electron chi connectivity index (χ3n) is 3.54. The summed E-state index contributed by atoms with van der Waals surface area (Å²) in [5, 5.41) is 5.14. The molecule has 0 N–H and O–H groups in total. The Kier molecular flexibility index (Phi) is 3.36. The second-order valence-electron chi connectivity index (χ2n) is 4.88. The van der Waals surface area contributed by atoms with Crippen molar-refractivity contribution in [2.24, 2.45) is 0 Å². The van der Waals surface area contributed by atoms with Gasteiger partial charge >= 0.3 is 0 Å². The van der Waals surface area contributed by atoms with Gasteiger partial charge in [0.2, 0.25) is 5.72 Å². The number of ether oxygens (including phenoxy) is 1. The third-order valence-corrected chi connectivity index (χ3v) is 3.79. The van der Waals surface area contributed by atoms with Crippen molar-refractivity contribution in [3.05, 3.63) is 58.7 Å². The summed E-state index contributed by atoms with van der Waals surface area (Å²) >= 11 is 5.98. The van der Waals surface area contributed by atoms with Crippen LogP contribution in [0.4, 0.5) is 0 Å². The molecule has 1 aromatic heterocycles. The van der Waals surface area contributed by atoms with Crippen molar-refractivity contribution in [2.45, 2.75) is 26.0 Å². The number of hydrogen-bond donors (Lipinski definition) is 0. The van der Waals surface area contributed by atoms with Crippen LogP contribution in [0, 0.1) is 6.92 Å². The summed E-state index contributed by atoms with van der Waals surface area (Å²) in [5.74, 6) is 0.722. The Labute approximate surface area is 123 Å². The molecule has 2 aromatic rings. The minimum Gasteiger partial charge on any atom is -0.342 e. The highest BCUT2D eigenvalue weighted by atomic mass is 35.5. The van der Waals surface area contributed by atoms with E-state index in [2.05, 4.69) is 23.1 Å². The van der Waals surface area contributed by atoms with Gasteiger partial charge in [-0.25, -0.2) is 9.67 Å². The van der Waals surface area contributed by atoms with Crippen LogP contribution in [0.1, 0.15) is 24.7 Å². The number of halogens is 1. The zero-order valence-electron chi connectivity index (χ0n) is 11.5. The molecule has 2 heterocycles. The van der Waals surface area contributed by atoms with Crippen molar-refractivity contribution in [1.29, 1.82) is 0 Å². The Hall–Kier alpha value is -1.65. The van der Waals surface area contributed by atoms with Crippen molar-refractivity contribution in [2.75, 3.05) is 6.61 Å². The molecular formula is C15H16ClN3O. The van der Waals surface area contributed by atoms with Crippen LogP contribution in [0.3, 0.4) is 0 Å². The normalized spacial score (nSPS) is 22.1. The first-order valence-corrected chi connectivity index (χ1v) is 7.01. The molecule has 104 valence electrons. The highest BCUT2D eigenvalue weighted by Gasteiger charge is 2.38. The molecule has 0 radical (unpaired) electrons. The number of hydrogen-bond acceptors (Lipinski definition) is 3. The minimum atomic E-state index is -0.711. The Balaban J connectivity index is 2.14. The van der Waals surface area contributed by atoms with Crippen LogP contribution in [0.25, 0.3) is 0 Å². The van der Waals surface area contributed by atoms with Gasteiger partial charge in [0.05, 0.1) is 6.61 Å². The lowest BCUT2D eigenvalue weighted by Crippen LogP contribution is -2.34. The molecule has 1 aliphatic heterocycles. The molecule has 0 saturated carbocycles. The van der Waals surface area contributed by atoms with Crippen molar-refractivity contribution < 1.29 is 4.74 Å². The van der Waals surface area contributed by atoms with Gasteiger partial charge in [0, 0.05) is 10.6 Å². The van der Waals surface area contributed by atoms with Crippen molar-refractivity contribution in [1.82, 2.24) is 14.8 Å². The van der Waals surface area contributed by atoms with E-state index in [4.69, 9.17) is 16.3 Å². The third kappa shape index (κ3) is 2.15. The fourth-order valence-electron chi connectivity index (χ4n) is 2.39. The summed E-state index contributed by atoms with van der Waals surface area (Å²) in [4.78, 5) is 4.22. The lowest BCUT2D eigenvalue weighted by molar-refractivity contribution is -0.0138. The average molecular weight is 290 g/mol. The molecule has 20 heavy (non-hydrogen) atoms. The fourth-order valence-corrected chi connectivity index (χ4v) is 2.52. The molecule has 1 atom stereocenters. The van der Waals surface area contributed by atoms with Gasteiger partial charge < -0.3 is 4.74 Å². The van der Waals surface area contributed by atoms with Gasteiger partial charge in [0.1, 0.15) is 12.2 Å². The van der Waals surface area contributed by atoms with Gasteiger partial charge in [-0.3, -0.25) is 0 Å². The fraction of sp³-hybridized carbons (Fsp3) is 0.333. The second-order valence-corrected chi connectivity index (χ2v) is 5.32. The molecule has 0 fully saturated rings. The number of aromatic nitrogens is 3. The van der Waals surface area contributed by atoms with E-state index in [1.165, 1.54) is 5.57 Å². The predicted molar refractivity (Wildman–Crippen MR) is 77.6 cm³/mol. The van der Waals surface area contributed by atoms with Gasteiger partial charge in [0.15, 0.2) is 0 Å². The Bertz CT molecular complexity index is 647. The Morgan fingerprint density at radius 2 is 2.10 bits per heavy atom. The summed E-state index contributed by atoms with van der Waals surface area (Å²) in [5.41, 5.74) is 1.54. The molecule has 0 amide bonds. The van der Waals surface area contributed by atoms with E-state index in [1.807, 2.05) is 31.2 Å². The van der Waals surface area contributed by atoms with Crippen LogP contribution in [0.2, 0.25) is 5.02 Å². The standard InChI is InChI=1S/C15H16ClN3O/c1-3-12-8-15(20-9-12,19-10-17-11(2)18-19)13-4-6-14(16)7-5-13/h4-8,10H,3,9H2,1-2H3. The van der Waals surface area contributed by atoms with Crippen LogP contribution in [-0.2, 0) is 10.5 Å². The molecule has 0 saturated heterocycles. The zero-order chi connectivity index (χ0) is 14.2. The van der Waals surface area contributed by atoms with Gasteiger partial charge in [-0.05, 0) is 37.1 Å². The summed E-state index contributed by atoms with van der Waals surface area (Å²) < 4.78 is 7.87. The second kappa shape index (κ2) is 5.04. The molecule has 0 aliphatic carbocycles. The van der Waals surface area contributed by atoms with Crippen LogP contribution in [0.5, 0.6) is 0 Å². The van der Waals surface area contributed by atoms with E-state index in [-0.39, 0.29) is 0 Å². The highest BCUT2D eigenvalue weighted by molar-refractivity contribution is 6.30. The summed E-state index contributed by atoms with van der Waals surface area (Å²) in [7, 11) is 0. The van der Waals surface area contributed by atoms with Gasteiger partial charge in [-0.1, -0.05) is 30.7 Å². The Morgan fingerprint density at radius 1 is 1.35 bits per heavy atom. The molecule has 1 aliphatic rings. The maximum absolute atomic E-state index is 6.09. The van der Waals surface area contributed by atoms with E-state index >= 15 is 0 Å². The number of nitrogens with zero attached hydrogens (tertiary/aromatic N) is 3. The van der Waals surface area contributed by atoms with E-state index in [1.54, 1.807) is 11.0 Å². The first kappa shape index (κ1) is 13.3. The maximum atomic E-state index is 6.09. The molecular weight excluding hydrogens is 274 g/mol. The molecule has 4 nitrogen and oxygen atoms in total. The maximum Gasteiger partial charge on any atom is 0.208 e. The van der Waals surface area contributed by atoms with Gasteiger partial charge in [-0.2, -0.15) is 5.10 Å². The van der Waals surface area contributed by atoms with Crippen LogP contribution < -0.4 is 0 Å². The Morgan fingerprint density at radius 3 is 2.65 bits per heavy atom. The molecule has 5 heteroatoms. The van der Waals surface area contributed by atoms with Crippen molar-refractivity contribution in [3.8, 4) is 0 Å². The number of benzene rings is 1. The van der Waals surface area contributed by atoms with E-state index in [0.717, 1.165) is 17.8 Å². The quantitative estimate of drug-likeness (QED) is 0.814. The van der Waals surface area contributed by atoms with Crippen molar-refractivity contribution >= 4 is 11.6 Å². The van der Waals surface area contributed by atoms with Crippen molar-refractivity contribution in [3.63, 3.8) is 0 Å². The van der Waals surface area contributed by atoms with Crippen LogP contribution in [-0.4, -0.2) is 21.4 Å². The SMILES string of the molecule is CCC1=CC(c2ccc(Cl)cc2)(n2cnc(C)n2)OC1. The van der Waals surface area contributed by atoms with Gasteiger partial charge in [-0.15, -0.1) is 0 Å². The van der Waals surface area contributed by atoms with E-state index in [0.29, 0.717) is 11.6 Å². The molecule has 3 rings (SSSR count). The van der Waals surface area contributed by atoms with E-state index < -0.39 is 5.72 Å². The molecule has 0 spiro atoms. The van der Waals surface area contributed by atoms with Crippen LogP contribution in [0.15, 0.2) is 42.2 Å². The molecule has 1 aromatic carbocycles. The molecule has 0 bridgehead atoms. The zero-order valence-corrected chi connectivity index (χ0v) is 12.3. The van der Waals surface area contributed by atoms with Gasteiger partial charge in [0.25, 0.3) is 0 Å². The predicted octanol–water partition coefficient (Wildman–Crippen LogP) is 3.31. The first-order chi connectivity index (χ1) is 9.64. The minimum absolute atomic E-state index is 0.609. The highest BCUT2D eigenvalue weighted by Crippen LogP contribution is 2.36. The summed E-state index contributed by atoms with van der Waals surface area (Å²) in [6, 6.07) is 7.66. The largest absolute Gasteiger partial charge is 0.342 e. The monoisotopic (exact) mass is 289 g/mol. The summed E-state index contributed by atoms with van der Waals surface area (Å²) in [6.07, 6.45) is 4.80. The lowest BCUT2D eigenvalue weighted by Gasteiger charge is -2.27. The average Bonchev–Trinajstić information content (AvgIpc) is 3.06. The number of aryl methyl sites for hydroxylation is 1. The molecule has 1 unspecified atom stereocenters. The van der Waals surface area contributed by atoms with E-state index in [9.17, 15) is 0 Å². The van der Waals surface area contributed by atoms with Crippen LogP contribution >= 0.6 is 11.6 Å². The smallest absolute Gasteiger partial charge is 0.208 e. The lowest BCUT2D eigenvalue weighted by atomic mass is 10.0. The summed E-state index contributed by atoms with van der Waals surface area (Å²) in [6.45, 7) is 4.60. The first-order valence-electron chi connectivity index (χ1n) is 6.63. The number of rotatable bonds is 3.